The van der Waals surface area contributed by atoms with Crippen LogP contribution in [-0.4, -0.2) is 0 Å². The maximum Gasteiger partial charge on any atom is 0.164 e. The van der Waals surface area contributed by atoms with Gasteiger partial charge in [0, 0.05) is 0 Å². The van der Waals surface area contributed by atoms with Crippen LogP contribution in [0.4, 0.5) is 0 Å². The number of ether oxygens (including phenoxy) is 1. The van der Waals surface area contributed by atoms with Crippen LogP contribution < -0.4 is 0 Å². The van der Waals surface area contributed by atoms with Crippen LogP contribution in [0.5, 0.6) is 0 Å². The fourth-order valence-corrected chi connectivity index (χ4v) is 0.231. The molecule has 1 heterocycles. The van der Waals surface area contributed by atoms with E-state index in [-0.39, 0.29) is 0 Å². The van der Waals surface area contributed by atoms with E-state index in [0.717, 1.165) is 11.3 Å². The van der Waals surface area contributed by atoms with Crippen molar-refractivity contribution in [1.82, 2.24) is 0 Å². The number of rotatable bonds is 1. The molecule has 0 aliphatic carbocycles. The summed E-state index contributed by atoms with van der Waals surface area (Å²) in [6, 6.07) is 0. The zero-order chi connectivity index (χ0) is 4.57. The lowest BCUT2D eigenvalue weighted by Gasteiger charge is -1.76. The third kappa shape index (κ3) is 0.432. The molecular weight excluding hydrogens is 76.1 g/mol. The fraction of sp³-hybridized carbons (Fsp3) is 0.200. The molecule has 1 nitrogen and oxygen atoms in total. The van der Waals surface area contributed by atoms with Gasteiger partial charge in [0.15, 0.2) is 5.76 Å². The molecular formula is C5H6O. The van der Waals surface area contributed by atoms with Gasteiger partial charge < -0.3 is 4.74 Å². The van der Waals surface area contributed by atoms with Gasteiger partial charge in [-0.3, -0.25) is 0 Å². The van der Waals surface area contributed by atoms with Crippen molar-refractivity contribution in [1.29, 1.82) is 0 Å². The highest BCUT2D eigenvalue weighted by molar-refractivity contribution is 5.26. The second-order valence-corrected chi connectivity index (χ2v) is 1.38. The van der Waals surface area contributed by atoms with E-state index >= 15 is 0 Å². The van der Waals surface area contributed by atoms with Gasteiger partial charge in [-0.05, 0) is 12.5 Å². The lowest BCUT2D eigenvalue weighted by Crippen LogP contribution is -1.60. The molecule has 0 N–H and O–H groups in total. The molecule has 0 bridgehead atoms. The van der Waals surface area contributed by atoms with Gasteiger partial charge in [-0.2, -0.15) is 0 Å². The monoisotopic (exact) mass is 82.0 g/mol. The molecule has 0 saturated heterocycles. The van der Waals surface area contributed by atoms with Crippen LogP contribution >= 0.6 is 0 Å². The zero-order valence-electron chi connectivity index (χ0n) is 3.69. The minimum absolute atomic E-state index is 0.940. The average molecular weight is 82.1 g/mol. The molecule has 0 unspecified atom stereocenters. The molecule has 1 aliphatic rings. The summed E-state index contributed by atoms with van der Waals surface area (Å²) in [5, 5.41) is 0. The van der Waals surface area contributed by atoms with E-state index in [1.54, 1.807) is 6.26 Å². The Kier molecular flexibility index (Phi) is 0.502. The van der Waals surface area contributed by atoms with Crippen LogP contribution in [0, 0.1) is 0 Å². The second kappa shape index (κ2) is 0.869. The summed E-state index contributed by atoms with van der Waals surface area (Å²) in [7, 11) is 0. The van der Waals surface area contributed by atoms with E-state index in [1.165, 1.54) is 0 Å². The second-order valence-electron chi connectivity index (χ2n) is 1.38. The van der Waals surface area contributed by atoms with Gasteiger partial charge in [-0.15, -0.1) is 0 Å². The highest BCUT2D eigenvalue weighted by Gasteiger charge is 2.07. The highest BCUT2D eigenvalue weighted by Crippen LogP contribution is 2.19. The minimum Gasteiger partial charge on any atom is -0.458 e. The van der Waals surface area contributed by atoms with Crippen LogP contribution in [-0.2, 0) is 4.74 Å². The summed E-state index contributed by atoms with van der Waals surface area (Å²) in [4.78, 5) is 0. The van der Waals surface area contributed by atoms with Gasteiger partial charge in [-0.25, -0.2) is 0 Å². The molecule has 1 aliphatic heterocycles. The van der Waals surface area contributed by atoms with E-state index in [2.05, 4.69) is 11.3 Å². The summed E-state index contributed by atoms with van der Waals surface area (Å²) in [5.41, 5.74) is 1.01. The van der Waals surface area contributed by atoms with Gasteiger partial charge >= 0.3 is 0 Å². The van der Waals surface area contributed by atoms with E-state index in [0.29, 0.717) is 0 Å². The normalized spacial score (nSPS) is 15.2. The highest BCUT2D eigenvalue weighted by atomic mass is 16.5. The van der Waals surface area contributed by atoms with Crippen molar-refractivity contribution in [3.63, 3.8) is 0 Å². The Balaban J connectivity index is 2.52. The number of hydrogen-bond acceptors (Lipinski definition) is 1. The Morgan fingerprint density at radius 1 is 2.00 bits per heavy atom. The first kappa shape index (κ1) is 3.47. The first-order chi connectivity index (χ1) is 2.80. The molecule has 0 aromatic heterocycles. The Morgan fingerprint density at radius 2 is 2.50 bits per heavy atom. The Bertz CT molecular complexity index is 111. The lowest BCUT2D eigenvalue weighted by atomic mass is 10.3. The Hall–Kier alpha value is -0.720. The SMILES string of the molecule is C=C(C)C1=CO1. The van der Waals surface area contributed by atoms with Crippen molar-refractivity contribution >= 4 is 0 Å². The van der Waals surface area contributed by atoms with E-state index in [4.69, 9.17) is 0 Å². The molecule has 0 spiro atoms. The van der Waals surface area contributed by atoms with E-state index in [1.807, 2.05) is 6.92 Å². The first-order valence-corrected chi connectivity index (χ1v) is 1.83. The molecule has 0 radical (unpaired) electrons. The van der Waals surface area contributed by atoms with Crippen molar-refractivity contribution < 1.29 is 4.74 Å². The largest absolute Gasteiger partial charge is 0.458 e. The van der Waals surface area contributed by atoms with Crippen LogP contribution in [0.15, 0.2) is 24.2 Å². The lowest BCUT2D eigenvalue weighted by molar-refractivity contribution is 0.509. The molecule has 0 amide bonds. The maximum absolute atomic E-state index is 4.66. The molecule has 0 fully saturated rings. The number of allylic oxidation sites excluding steroid dienone is 1. The summed E-state index contributed by atoms with van der Waals surface area (Å²) in [6.45, 7) is 5.54. The van der Waals surface area contributed by atoms with Crippen molar-refractivity contribution in [3.8, 4) is 0 Å². The molecule has 32 valence electrons. The Labute approximate surface area is 36.9 Å². The van der Waals surface area contributed by atoms with Crippen molar-refractivity contribution in [2.75, 3.05) is 0 Å². The first-order valence-electron chi connectivity index (χ1n) is 1.83. The van der Waals surface area contributed by atoms with Crippen LogP contribution in [0.1, 0.15) is 6.92 Å². The standard InChI is InChI=1S/C5H6O/c1-4(2)5-3-6-5/h3H,1H2,2H3. The van der Waals surface area contributed by atoms with Crippen molar-refractivity contribution in [3.05, 3.63) is 24.2 Å². The van der Waals surface area contributed by atoms with Crippen LogP contribution in [0.3, 0.4) is 0 Å². The van der Waals surface area contributed by atoms with Crippen molar-refractivity contribution in [2.45, 2.75) is 6.92 Å². The molecule has 0 aromatic carbocycles. The van der Waals surface area contributed by atoms with Crippen LogP contribution in [0.25, 0.3) is 0 Å². The van der Waals surface area contributed by atoms with E-state index < -0.39 is 0 Å². The predicted molar refractivity (Wildman–Crippen MR) is 24.0 cm³/mol. The summed E-state index contributed by atoms with van der Waals surface area (Å²) >= 11 is 0. The summed E-state index contributed by atoms with van der Waals surface area (Å²) in [6.07, 6.45) is 1.68. The zero-order valence-corrected chi connectivity index (χ0v) is 3.69. The molecule has 0 aromatic rings. The predicted octanol–water partition coefficient (Wildman–Crippen LogP) is 1.43. The molecule has 0 atom stereocenters. The van der Waals surface area contributed by atoms with Crippen molar-refractivity contribution in [2.24, 2.45) is 0 Å². The van der Waals surface area contributed by atoms with Gasteiger partial charge in [0.2, 0.25) is 0 Å². The van der Waals surface area contributed by atoms with Crippen LogP contribution in [0.2, 0.25) is 0 Å². The smallest absolute Gasteiger partial charge is 0.164 e. The summed E-state index contributed by atoms with van der Waals surface area (Å²) in [5.74, 6) is 0.940. The van der Waals surface area contributed by atoms with E-state index in [9.17, 15) is 0 Å². The Morgan fingerprint density at radius 3 is 2.50 bits per heavy atom. The molecule has 1 rings (SSSR count). The number of hydrogen-bond donors (Lipinski definition) is 0. The maximum atomic E-state index is 4.66. The fourth-order valence-electron chi connectivity index (χ4n) is 0.231. The average Bonchev–Trinajstić information content (AvgIpc) is 2.06. The van der Waals surface area contributed by atoms with Gasteiger partial charge in [0.05, 0.1) is 0 Å². The minimum atomic E-state index is 0.940. The quantitative estimate of drug-likeness (QED) is 0.466. The molecule has 6 heavy (non-hydrogen) atoms. The van der Waals surface area contributed by atoms with Gasteiger partial charge in [0.1, 0.15) is 6.26 Å². The molecule has 0 saturated carbocycles. The summed E-state index contributed by atoms with van der Waals surface area (Å²) < 4.78 is 4.66. The molecule has 1 heteroatoms. The van der Waals surface area contributed by atoms with Gasteiger partial charge in [0.25, 0.3) is 0 Å². The third-order valence-corrected chi connectivity index (χ3v) is 0.656. The van der Waals surface area contributed by atoms with Gasteiger partial charge in [-0.1, -0.05) is 6.58 Å². The third-order valence-electron chi connectivity index (χ3n) is 0.656. The topological polar surface area (TPSA) is 12.5 Å².